The summed E-state index contributed by atoms with van der Waals surface area (Å²) < 4.78 is 0. The third-order valence-electron chi connectivity index (χ3n) is 2.15. The number of hydrogen-bond donors (Lipinski definition) is 1. The van der Waals surface area contributed by atoms with Crippen molar-refractivity contribution < 1.29 is 0 Å². The highest BCUT2D eigenvalue weighted by Gasteiger charge is 2.00. The fraction of sp³-hybridized carbons (Fsp3) is 0.0833. The Morgan fingerprint density at radius 3 is 2.60 bits per heavy atom. The van der Waals surface area contributed by atoms with Gasteiger partial charge in [0.2, 0.25) is 5.56 Å². The van der Waals surface area contributed by atoms with Crippen molar-refractivity contribution in [1.29, 1.82) is 0 Å². The zero-order valence-electron chi connectivity index (χ0n) is 8.25. The minimum Gasteiger partial charge on any atom is -0.329 e. The summed E-state index contributed by atoms with van der Waals surface area (Å²) in [5, 5.41) is 0.685. The summed E-state index contributed by atoms with van der Waals surface area (Å²) in [7, 11) is 0. The van der Waals surface area contributed by atoms with Crippen LogP contribution >= 0.6 is 11.6 Å². The van der Waals surface area contributed by atoms with E-state index < -0.39 is 0 Å². The summed E-state index contributed by atoms with van der Waals surface area (Å²) in [5.41, 5.74) is 2.82. The van der Waals surface area contributed by atoms with Crippen LogP contribution in [0.25, 0.3) is 11.1 Å². The van der Waals surface area contributed by atoms with E-state index in [-0.39, 0.29) is 5.56 Å². The van der Waals surface area contributed by atoms with Crippen LogP contribution in [0.3, 0.4) is 0 Å². The SMILES string of the molecule is Cc1cc(Cl)cc(-c2cc[nH]c(=O)c2)c1. The molecule has 0 saturated heterocycles. The van der Waals surface area contributed by atoms with Crippen LogP contribution in [0.15, 0.2) is 41.3 Å². The summed E-state index contributed by atoms with van der Waals surface area (Å²) in [6, 6.07) is 9.15. The Morgan fingerprint density at radius 2 is 1.93 bits per heavy atom. The molecule has 76 valence electrons. The van der Waals surface area contributed by atoms with Crippen LogP contribution in [0.4, 0.5) is 0 Å². The Kier molecular flexibility index (Phi) is 2.60. The Balaban J connectivity index is 2.58. The van der Waals surface area contributed by atoms with Gasteiger partial charge in [0.1, 0.15) is 0 Å². The average molecular weight is 220 g/mol. The highest BCUT2D eigenvalue weighted by atomic mass is 35.5. The number of aromatic amines is 1. The first-order valence-electron chi connectivity index (χ1n) is 4.61. The molecule has 1 aromatic heterocycles. The van der Waals surface area contributed by atoms with Gasteiger partial charge in [-0.05, 0) is 41.8 Å². The highest BCUT2D eigenvalue weighted by molar-refractivity contribution is 6.30. The van der Waals surface area contributed by atoms with Crippen molar-refractivity contribution in [3.63, 3.8) is 0 Å². The molecule has 0 aliphatic heterocycles. The number of aromatic nitrogens is 1. The van der Waals surface area contributed by atoms with Crippen LogP contribution in [-0.4, -0.2) is 4.98 Å². The molecule has 1 N–H and O–H groups in total. The lowest BCUT2D eigenvalue weighted by Crippen LogP contribution is -2.01. The number of H-pyrrole nitrogens is 1. The first kappa shape index (κ1) is 9.99. The molecular weight excluding hydrogens is 210 g/mol. The fourth-order valence-electron chi connectivity index (χ4n) is 1.53. The molecule has 0 bridgehead atoms. The lowest BCUT2D eigenvalue weighted by Gasteiger charge is -2.03. The Morgan fingerprint density at radius 1 is 1.13 bits per heavy atom. The highest BCUT2D eigenvalue weighted by Crippen LogP contribution is 2.23. The molecule has 0 atom stereocenters. The zero-order valence-corrected chi connectivity index (χ0v) is 9.01. The molecule has 0 fully saturated rings. The van der Waals surface area contributed by atoms with Gasteiger partial charge in [-0.3, -0.25) is 4.79 Å². The Labute approximate surface area is 92.5 Å². The van der Waals surface area contributed by atoms with Crippen LogP contribution in [0, 0.1) is 6.92 Å². The van der Waals surface area contributed by atoms with Crippen molar-refractivity contribution >= 4 is 11.6 Å². The third-order valence-corrected chi connectivity index (χ3v) is 2.37. The topological polar surface area (TPSA) is 32.9 Å². The molecule has 2 nitrogen and oxygen atoms in total. The van der Waals surface area contributed by atoms with E-state index in [1.807, 2.05) is 31.2 Å². The van der Waals surface area contributed by atoms with E-state index in [9.17, 15) is 4.79 Å². The maximum atomic E-state index is 11.1. The number of benzene rings is 1. The second-order valence-electron chi connectivity index (χ2n) is 3.46. The van der Waals surface area contributed by atoms with E-state index in [4.69, 9.17) is 11.6 Å². The Bertz CT molecular complexity index is 525. The summed E-state index contributed by atoms with van der Waals surface area (Å²) in [5.74, 6) is 0. The predicted molar refractivity (Wildman–Crippen MR) is 62.2 cm³/mol. The minimum absolute atomic E-state index is 0.106. The van der Waals surface area contributed by atoms with Crippen molar-refractivity contribution in [2.24, 2.45) is 0 Å². The van der Waals surface area contributed by atoms with Gasteiger partial charge in [0.25, 0.3) is 0 Å². The van der Waals surface area contributed by atoms with Gasteiger partial charge in [-0.15, -0.1) is 0 Å². The fourth-order valence-corrected chi connectivity index (χ4v) is 1.82. The van der Waals surface area contributed by atoms with E-state index in [2.05, 4.69) is 4.98 Å². The van der Waals surface area contributed by atoms with Crippen molar-refractivity contribution in [1.82, 2.24) is 4.98 Å². The summed E-state index contributed by atoms with van der Waals surface area (Å²) >= 11 is 5.95. The van der Waals surface area contributed by atoms with Gasteiger partial charge in [-0.1, -0.05) is 17.7 Å². The maximum Gasteiger partial charge on any atom is 0.248 e. The van der Waals surface area contributed by atoms with Gasteiger partial charge >= 0.3 is 0 Å². The van der Waals surface area contributed by atoms with E-state index in [1.54, 1.807) is 12.3 Å². The number of aryl methyl sites for hydroxylation is 1. The first-order valence-corrected chi connectivity index (χ1v) is 4.99. The van der Waals surface area contributed by atoms with Gasteiger partial charge in [0.15, 0.2) is 0 Å². The first-order chi connectivity index (χ1) is 7.15. The quantitative estimate of drug-likeness (QED) is 0.786. The molecule has 0 unspecified atom stereocenters. The van der Waals surface area contributed by atoms with Crippen LogP contribution in [-0.2, 0) is 0 Å². The third kappa shape index (κ3) is 2.28. The van der Waals surface area contributed by atoms with Gasteiger partial charge in [0.05, 0.1) is 0 Å². The van der Waals surface area contributed by atoms with Gasteiger partial charge < -0.3 is 4.98 Å². The van der Waals surface area contributed by atoms with Gasteiger partial charge in [-0.2, -0.15) is 0 Å². The van der Waals surface area contributed by atoms with E-state index in [0.29, 0.717) is 5.02 Å². The molecule has 0 radical (unpaired) electrons. The molecule has 0 amide bonds. The standard InChI is InChI=1S/C12H10ClNO/c1-8-4-10(6-11(13)5-8)9-2-3-14-12(15)7-9/h2-7H,1H3,(H,14,15). The van der Waals surface area contributed by atoms with Crippen molar-refractivity contribution in [3.05, 3.63) is 57.5 Å². The lowest BCUT2D eigenvalue weighted by molar-refractivity contribution is 1.24. The summed E-state index contributed by atoms with van der Waals surface area (Å²) in [6.45, 7) is 1.97. The largest absolute Gasteiger partial charge is 0.329 e. The van der Waals surface area contributed by atoms with Crippen molar-refractivity contribution in [2.75, 3.05) is 0 Å². The molecule has 0 aliphatic rings. The van der Waals surface area contributed by atoms with Crippen LogP contribution in [0.1, 0.15) is 5.56 Å². The van der Waals surface area contributed by atoms with Crippen molar-refractivity contribution in [3.8, 4) is 11.1 Å². The van der Waals surface area contributed by atoms with Gasteiger partial charge in [-0.25, -0.2) is 0 Å². The molecule has 1 heterocycles. The molecular formula is C12H10ClNO. The van der Waals surface area contributed by atoms with Crippen LogP contribution in [0.5, 0.6) is 0 Å². The van der Waals surface area contributed by atoms with Gasteiger partial charge in [0, 0.05) is 17.3 Å². The van der Waals surface area contributed by atoms with E-state index in [1.165, 1.54) is 0 Å². The molecule has 0 spiro atoms. The zero-order chi connectivity index (χ0) is 10.8. The van der Waals surface area contributed by atoms with E-state index >= 15 is 0 Å². The summed E-state index contributed by atoms with van der Waals surface area (Å²) in [6.07, 6.45) is 1.63. The molecule has 1 aromatic carbocycles. The number of nitrogens with one attached hydrogen (secondary N) is 1. The molecule has 2 rings (SSSR count). The second kappa shape index (κ2) is 3.91. The van der Waals surface area contributed by atoms with Crippen molar-refractivity contribution in [2.45, 2.75) is 6.92 Å². The monoisotopic (exact) mass is 219 g/mol. The lowest BCUT2D eigenvalue weighted by atomic mass is 10.1. The van der Waals surface area contributed by atoms with Crippen LogP contribution in [0.2, 0.25) is 5.02 Å². The second-order valence-corrected chi connectivity index (χ2v) is 3.90. The summed E-state index contributed by atoms with van der Waals surface area (Å²) in [4.78, 5) is 13.7. The maximum absolute atomic E-state index is 11.1. The molecule has 2 aromatic rings. The number of pyridine rings is 1. The predicted octanol–water partition coefficient (Wildman–Crippen LogP) is 3.00. The van der Waals surface area contributed by atoms with Crippen LogP contribution < -0.4 is 5.56 Å². The van der Waals surface area contributed by atoms with E-state index in [0.717, 1.165) is 16.7 Å². The molecule has 0 aliphatic carbocycles. The smallest absolute Gasteiger partial charge is 0.248 e. The number of halogens is 1. The average Bonchev–Trinajstić information content (AvgIpc) is 2.16. The molecule has 15 heavy (non-hydrogen) atoms. The minimum atomic E-state index is -0.106. The molecule has 0 saturated carbocycles. The normalized spacial score (nSPS) is 10.3. The number of hydrogen-bond acceptors (Lipinski definition) is 1. The Hall–Kier alpha value is -1.54. The number of rotatable bonds is 1. The molecule has 3 heteroatoms.